The van der Waals surface area contributed by atoms with E-state index in [-0.39, 0.29) is 0 Å². The molecule has 0 spiro atoms. The highest BCUT2D eigenvalue weighted by Crippen LogP contribution is 2.30. The van der Waals surface area contributed by atoms with Crippen LogP contribution in [0, 0.1) is 13.8 Å². The monoisotopic (exact) mass is 283 g/mol. The molecule has 1 N–H and O–H groups in total. The number of ether oxygens (including phenoxy) is 1. The van der Waals surface area contributed by atoms with Crippen LogP contribution in [0.2, 0.25) is 0 Å². The first-order valence-electron chi connectivity index (χ1n) is 7.49. The Bertz CT molecular complexity index is 617. The average Bonchev–Trinajstić information content (AvgIpc) is 2.46. The van der Waals surface area contributed by atoms with Gasteiger partial charge in [0, 0.05) is 12.6 Å². The van der Waals surface area contributed by atoms with Crippen molar-refractivity contribution in [1.29, 1.82) is 0 Å². The van der Waals surface area contributed by atoms with Crippen LogP contribution in [0.5, 0.6) is 5.75 Å². The summed E-state index contributed by atoms with van der Waals surface area (Å²) in [6.45, 7) is 9.54. The molecule has 0 amide bonds. The van der Waals surface area contributed by atoms with Crippen molar-refractivity contribution < 1.29 is 4.74 Å². The summed E-state index contributed by atoms with van der Waals surface area (Å²) in [5.41, 5.74) is 6.44. The third-order valence-corrected chi connectivity index (χ3v) is 3.74. The van der Waals surface area contributed by atoms with Crippen LogP contribution in [0.3, 0.4) is 0 Å². The number of benzene rings is 2. The minimum Gasteiger partial charge on any atom is -0.497 e. The Balaban J connectivity index is 2.36. The van der Waals surface area contributed by atoms with Crippen LogP contribution in [0.25, 0.3) is 11.1 Å². The molecule has 21 heavy (non-hydrogen) atoms. The summed E-state index contributed by atoms with van der Waals surface area (Å²) in [7, 11) is 1.71. The lowest BCUT2D eigenvalue weighted by Crippen LogP contribution is -2.21. The zero-order valence-electron chi connectivity index (χ0n) is 13.7. The van der Waals surface area contributed by atoms with Crippen molar-refractivity contribution in [1.82, 2.24) is 5.32 Å². The highest BCUT2D eigenvalue weighted by Gasteiger charge is 2.08. The quantitative estimate of drug-likeness (QED) is 0.873. The van der Waals surface area contributed by atoms with Gasteiger partial charge in [-0.1, -0.05) is 32.0 Å². The van der Waals surface area contributed by atoms with E-state index >= 15 is 0 Å². The number of rotatable bonds is 5. The number of hydrogen-bond donors (Lipinski definition) is 1. The topological polar surface area (TPSA) is 21.3 Å². The van der Waals surface area contributed by atoms with E-state index in [0.717, 1.165) is 12.3 Å². The molecule has 0 aromatic heterocycles. The Morgan fingerprint density at radius 1 is 0.952 bits per heavy atom. The largest absolute Gasteiger partial charge is 0.497 e. The predicted molar refractivity (Wildman–Crippen MR) is 89.9 cm³/mol. The molecule has 0 unspecified atom stereocenters. The molecule has 2 aromatic carbocycles. The van der Waals surface area contributed by atoms with Gasteiger partial charge < -0.3 is 10.1 Å². The van der Waals surface area contributed by atoms with Crippen molar-refractivity contribution in [3.05, 3.63) is 53.1 Å². The van der Waals surface area contributed by atoms with Crippen molar-refractivity contribution in [3.63, 3.8) is 0 Å². The van der Waals surface area contributed by atoms with Gasteiger partial charge in [0.1, 0.15) is 5.75 Å². The molecule has 0 aliphatic carbocycles. The van der Waals surface area contributed by atoms with E-state index in [2.05, 4.69) is 63.3 Å². The van der Waals surface area contributed by atoms with Gasteiger partial charge in [-0.15, -0.1) is 0 Å². The van der Waals surface area contributed by atoms with Crippen LogP contribution in [0.4, 0.5) is 0 Å². The lowest BCUT2D eigenvalue weighted by Gasteiger charge is -2.14. The Morgan fingerprint density at radius 2 is 1.71 bits per heavy atom. The van der Waals surface area contributed by atoms with Crippen molar-refractivity contribution in [2.24, 2.45) is 0 Å². The van der Waals surface area contributed by atoms with Gasteiger partial charge in [0.25, 0.3) is 0 Å². The van der Waals surface area contributed by atoms with Gasteiger partial charge in [-0.05, 0) is 59.9 Å². The van der Waals surface area contributed by atoms with Crippen molar-refractivity contribution >= 4 is 0 Å². The fraction of sp³-hybridized carbons (Fsp3) is 0.368. The molecule has 0 radical (unpaired) electrons. The smallest absolute Gasteiger partial charge is 0.119 e. The molecule has 2 aromatic rings. The Hall–Kier alpha value is -1.80. The third kappa shape index (κ3) is 3.85. The molecule has 112 valence electrons. The lowest BCUT2D eigenvalue weighted by molar-refractivity contribution is 0.414. The van der Waals surface area contributed by atoms with Crippen molar-refractivity contribution in [3.8, 4) is 16.9 Å². The second-order valence-electron chi connectivity index (χ2n) is 5.87. The molecule has 0 fully saturated rings. The minimum atomic E-state index is 0.498. The lowest BCUT2D eigenvalue weighted by atomic mass is 9.94. The molecule has 0 aliphatic rings. The molecule has 0 bridgehead atoms. The summed E-state index contributed by atoms with van der Waals surface area (Å²) >= 11 is 0. The fourth-order valence-electron chi connectivity index (χ4n) is 2.46. The fourth-order valence-corrected chi connectivity index (χ4v) is 2.46. The summed E-state index contributed by atoms with van der Waals surface area (Å²) in [5, 5.41) is 3.47. The molecule has 0 aliphatic heterocycles. The standard InChI is InChI=1S/C19H25NO/c1-13(2)20-12-16-7-6-14(3)19(11-16)18-9-8-17(21-5)10-15(18)4/h6-11,13,20H,12H2,1-5H3. The summed E-state index contributed by atoms with van der Waals surface area (Å²) in [5.74, 6) is 0.909. The predicted octanol–water partition coefficient (Wildman–Crippen LogP) is 4.48. The summed E-state index contributed by atoms with van der Waals surface area (Å²) in [4.78, 5) is 0. The zero-order chi connectivity index (χ0) is 15.4. The van der Waals surface area contributed by atoms with E-state index < -0.39 is 0 Å². The molecule has 2 rings (SSSR count). The summed E-state index contributed by atoms with van der Waals surface area (Å²) < 4.78 is 5.29. The maximum Gasteiger partial charge on any atom is 0.119 e. The zero-order valence-corrected chi connectivity index (χ0v) is 13.7. The highest BCUT2D eigenvalue weighted by molar-refractivity contribution is 5.71. The van der Waals surface area contributed by atoms with Gasteiger partial charge in [-0.2, -0.15) is 0 Å². The Kier molecular flexibility index (Phi) is 5.03. The van der Waals surface area contributed by atoms with E-state index in [1.165, 1.54) is 27.8 Å². The van der Waals surface area contributed by atoms with Crippen LogP contribution in [-0.4, -0.2) is 13.2 Å². The average molecular weight is 283 g/mol. The second-order valence-corrected chi connectivity index (χ2v) is 5.87. The second kappa shape index (κ2) is 6.77. The number of nitrogens with one attached hydrogen (secondary N) is 1. The SMILES string of the molecule is COc1ccc(-c2cc(CNC(C)C)ccc2C)c(C)c1. The molecular formula is C19H25NO. The highest BCUT2D eigenvalue weighted by atomic mass is 16.5. The van der Waals surface area contributed by atoms with Crippen LogP contribution < -0.4 is 10.1 Å². The van der Waals surface area contributed by atoms with Gasteiger partial charge >= 0.3 is 0 Å². The van der Waals surface area contributed by atoms with E-state index in [4.69, 9.17) is 4.74 Å². The first-order valence-corrected chi connectivity index (χ1v) is 7.49. The van der Waals surface area contributed by atoms with E-state index in [1.54, 1.807) is 7.11 Å². The van der Waals surface area contributed by atoms with E-state index in [1.807, 2.05) is 6.07 Å². The molecule has 0 saturated heterocycles. The third-order valence-electron chi connectivity index (χ3n) is 3.74. The molecule has 0 heterocycles. The number of methoxy groups -OCH3 is 1. The Labute approximate surface area is 128 Å². The van der Waals surface area contributed by atoms with Gasteiger partial charge in [0.2, 0.25) is 0 Å². The van der Waals surface area contributed by atoms with E-state index in [0.29, 0.717) is 6.04 Å². The van der Waals surface area contributed by atoms with Gasteiger partial charge in [-0.3, -0.25) is 0 Å². The molecule has 2 heteroatoms. The number of aryl methyl sites for hydroxylation is 2. The van der Waals surface area contributed by atoms with Gasteiger partial charge in [0.05, 0.1) is 7.11 Å². The van der Waals surface area contributed by atoms with Crippen molar-refractivity contribution in [2.45, 2.75) is 40.3 Å². The summed E-state index contributed by atoms with van der Waals surface area (Å²) in [6.07, 6.45) is 0. The molecular weight excluding hydrogens is 258 g/mol. The molecule has 0 saturated carbocycles. The van der Waals surface area contributed by atoms with Crippen LogP contribution in [0.1, 0.15) is 30.5 Å². The normalized spacial score (nSPS) is 11.0. The van der Waals surface area contributed by atoms with Crippen LogP contribution in [-0.2, 0) is 6.54 Å². The summed E-state index contributed by atoms with van der Waals surface area (Å²) in [6, 6.07) is 13.5. The van der Waals surface area contributed by atoms with Crippen LogP contribution in [0.15, 0.2) is 36.4 Å². The maximum absolute atomic E-state index is 5.29. The molecule has 0 atom stereocenters. The number of hydrogen-bond acceptors (Lipinski definition) is 2. The van der Waals surface area contributed by atoms with Crippen molar-refractivity contribution in [2.75, 3.05) is 7.11 Å². The van der Waals surface area contributed by atoms with Gasteiger partial charge in [-0.25, -0.2) is 0 Å². The first kappa shape index (κ1) is 15.6. The maximum atomic E-state index is 5.29. The Morgan fingerprint density at radius 3 is 2.33 bits per heavy atom. The molecule has 2 nitrogen and oxygen atoms in total. The minimum absolute atomic E-state index is 0.498. The van der Waals surface area contributed by atoms with Crippen LogP contribution >= 0.6 is 0 Å². The van der Waals surface area contributed by atoms with E-state index in [9.17, 15) is 0 Å². The first-order chi connectivity index (χ1) is 10.0. The van der Waals surface area contributed by atoms with Gasteiger partial charge in [0.15, 0.2) is 0 Å².